The molecule has 1 fully saturated rings. The zero-order valence-electron chi connectivity index (χ0n) is 19.9. The first-order valence-corrected chi connectivity index (χ1v) is 11.8. The molecule has 1 aliphatic heterocycles. The van der Waals surface area contributed by atoms with Crippen molar-refractivity contribution in [2.75, 3.05) is 53.0 Å². The standard InChI is InChI=1S/C22H32N6O4S/c1-14-15(2)25-26(4)21(30)18(14)20-24-16(3)19(33-20)22(31)28-10-8-27(9-11-28)13-17(29)23-7-6-12-32-5/h6-13H2,1-5H3,(H,23,29). The van der Waals surface area contributed by atoms with Gasteiger partial charge in [-0.15, -0.1) is 11.3 Å². The van der Waals surface area contributed by atoms with Crippen molar-refractivity contribution in [2.45, 2.75) is 27.2 Å². The van der Waals surface area contributed by atoms with Gasteiger partial charge in [-0.25, -0.2) is 9.67 Å². The quantitative estimate of drug-likeness (QED) is 0.560. The van der Waals surface area contributed by atoms with Gasteiger partial charge in [0.2, 0.25) is 5.91 Å². The van der Waals surface area contributed by atoms with E-state index in [1.54, 1.807) is 26.0 Å². The lowest BCUT2D eigenvalue weighted by molar-refractivity contribution is -0.122. The number of piperazine rings is 1. The van der Waals surface area contributed by atoms with Crippen LogP contribution in [0, 0.1) is 20.8 Å². The SMILES string of the molecule is COCCCNC(=O)CN1CCN(C(=O)c2sc(-c3c(C)c(C)nn(C)c3=O)nc2C)CC1. The van der Waals surface area contributed by atoms with Crippen LogP contribution in [-0.4, -0.2) is 89.4 Å². The van der Waals surface area contributed by atoms with Crippen molar-refractivity contribution in [2.24, 2.45) is 7.05 Å². The number of nitrogens with zero attached hydrogens (tertiary/aromatic N) is 5. The summed E-state index contributed by atoms with van der Waals surface area (Å²) in [5, 5.41) is 7.65. The predicted molar refractivity (Wildman–Crippen MR) is 127 cm³/mol. The van der Waals surface area contributed by atoms with Gasteiger partial charge in [0.05, 0.1) is 23.5 Å². The lowest BCUT2D eigenvalue weighted by Crippen LogP contribution is -2.51. The third-order valence-electron chi connectivity index (χ3n) is 5.80. The Morgan fingerprint density at radius 1 is 1.12 bits per heavy atom. The number of hydrogen-bond donors (Lipinski definition) is 1. The topological polar surface area (TPSA) is 110 Å². The van der Waals surface area contributed by atoms with Gasteiger partial charge in [-0.1, -0.05) is 0 Å². The molecule has 1 saturated heterocycles. The van der Waals surface area contributed by atoms with Gasteiger partial charge in [-0.3, -0.25) is 19.3 Å². The van der Waals surface area contributed by atoms with Crippen molar-refractivity contribution in [3.63, 3.8) is 0 Å². The molecule has 0 bridgehead atoms. The summed E-state index contributed by atoms with van der Waals surface area (Å²) in [6, 6.07) is 0. The smallest absolute Gasteiger partial charge is 0.277 e. The van der Waals surface area contributed by atoms with E-state index in [1.165, 1.54) is 16.0 Å². The molecule has 1 aliphatic rings. The maximum atomic E-state index is 13.2. The van der Waals surface area contributed by atoms with Crippen LogP contribution in [0.2, 0.25) is 0 Å². The number of nitrogens with one attached hydrogen (secondary N) is 1. The van der Waals surface area contributed by atoms with Crippen molar-refractivity contribution in [1.29, 1.82) is 0 Å². The number of aryl methyl sites for hydroxylation is 3. The van der Waals surface area contributed by atoms with Gasteiger partial charge in [-0.2, -0.15) is 5.10 Å². The summed E-state index contributed by atoms with van der Waals surface area (Å²) >= 11 is 1.25. The number of aromatic nitrogens is 3. The number of hydrogen-bond acceptors (Lipinski definition) is 8. The minimum absolute atomic E-state index is 0.0154. The summed E-state index contributed by atoms with van der Waals surface area (Å²) in [4.78, 5) is 46.9. The summed E-state index contributed by atoms with van der Waals surface area (Å²) in [7, 11) is 3.25. The summed E-state index contributed by atoms with van der Waals surface area (Å²) in [5.74, 6) is -0.0985. The normalized spacial score (nSPS) is 14.5. The van der Waals surface area contributed by atoms with E-state index >= 15 is 0 Å². The van der Waals surface area contributed by atoms with E-state index in [-0.39, 0.29) is 17.4 Å². The van der Waals surface area contributed by atoms with E-state index in [9.17, 15) is 14.4 Å². The molecule has 0 unspecified atom stereocenters. The van der Waals surface area contributed by atoms with Crippen molar-refractivity contribution >= 4 is 23.2 Å². The Hall–Kier alpha value is -2.63. The van der Waals surface area contributed by atoms with Gasteiger partial charge >= 0.3 is 0 Å². The molecular formula is C22H32N6O4S. The van der Waals surface area contributed by atoms with E-state index in [0.29, 0.717) is 67.0 Å². The highest BCUT2D eigenvalue weighted by molar-refractivity contribution is 7.17. The number of thiazole rings is 1. The Kier molecular flexibility index (Phi) is 8.33. The maximum Gasteiger partial charge on any atom is 0.277 e. The van der Waals surface area contributed by atoms with Crippen LogP contribution in [0.5, 0.6) is 0 Å². The molecule has 1 N–H and O–H groups in total. The van der Waals surface area contributed by atoms with Gasteiger partial charge < -0.3 is 15.0 Å². The fourth-order valence-electron chi connectivity index (χ4n) is 3.76. The lowest BCUT2D eigenvalue weighted by Gasteiger charge is -2.34. The van der Waals surface area contributed by atoms with Crippen molar-refractivity contribution < 1.29 is 14.3 Å². The molecule has 2 aromatic rings. The Labute approximate surface area is 197 Å². The molecule has 33 heavy (non-hydrogen) atoms. The second-order valence-electron chi connectivity index (χ2n) is 8.21. The second-order valence-corrected chi connectivity index (χ2v) is 9.21. The number of rotatable bonds is 8. The summed E-state index contributed by atoms with van der Waals surface area (Å²) in [6.07, 6.45) is 0.783. The van der Waals surface area contributed by atoms with Crippen molar-refractivity contribution in [3.05, 3.63) is 32.2 Å². The maximum absolute atomic E-state index is 13.2. The molecule has 0 aromatic carbocycles. The Morgan fingerprint density at radius 3 is 2.48 bits per heavy atom. The Morgan fingerprint density at radius 2 is 1.82 bits per heavy atom. The fraction of sp³-hybridized carbons (Fsp3) is 0.591. The third-order valence-corrected chi connectivity index (χ3v) is 6.97. The summed E-state index contributed by atoms with van der Waals surface area (Å²) < 4.78 is 6.29. The first-order valence-electron chi connectivity index (χ1n) is 11.0. The molecule has 180 valence electrons. The first-order chi connectivity index (χ1) is 15.7. The third kappa shape index (κ3) is 5.84. The van der Waals surface area contributed by atoms with Crippen LogP contribution in [0.25, 0.3) is 10.6 Å². The number of methoxy groups -OCH3 is 1. The average Bonchev–Trinajstić information content (AvgIpc) is 3.16. The zero-order valence-corrected chi connectivity index (χ0v) is 20.8. The van der Waals surface area contributed by atoms with Crippen LogP contribution in [0.3, 0.4) is 0 Å². The number of carbonyl (C=O) groups excluding carboxylic acids is 2. The van der Waals surface area contributed by atoms with E-state index in [2.05, 4.69) is 15.4 Å². The van der Waals surface area contributed by atoms with E-state index in [0.717, 1.165) is 17.7 Å². The number of carbonyl (C=O) groups is 2. The van der Waals surface area contributed by atoms with Crippen LogP contribution in [0.1, 0.15) is 33.0 Å². The highest BCUT2D eigenvalue weighted by Gasteiger charge is 2.27. The van der Waals surface area contributed by atoms with Crippen LogP contribution in [-0.2, 0) is 16.6 Å². The molecule has 0 radical (unpaired) electrons. The molecule has 0 atom stereocenters. The average molecular weight is 477 g/mol. The van der Waals surface area contributed by atoms with Crippen LogP contribution in [0.15, 0.2) is 4.79 Å². The minimum Gasteiger partial charge on any atom is -0.385 e. The number of ether oxygens (including phenoxy) is 1. The van der Waals surface area contributed by atoms with Gasteiger partial charge in [0.15, 0.2) is 0 Å². The second kappa shape index (κ2) is 11.0. The van der Waals surface area contributed by atoms with Crippen molar-refractivity contribution in [1.82, 2.24) is 29.9 Å². The lowest BCUT2D eigenvalue weighted by atomic mass is 10.1. The van der Waals surface area contributed by atoms with E-state index in [1.807, 2.05) is 18.7 Å². The zero-order chi connectivity index (χ0) is 24.1. The molecule has 10 nitrogen and oxygen atoms in total. The molecule has 0 spiro atoms. The summed E-state index contributed by atoms with van der Waals surface area (Å²) in [5.41, 5.74) is 2.43. The Balaban J connectivity index is 1.63. The minimum atomic E-state index is -0.222. The molecule has 3 rings (SSSR count). The fourth-order valence-corrected chi connectivity index (χ4v) is 4.89. The predicted octanol–water partition coefficient (Wildman–Crippen LogP) is 0.740. The van der Waals surface area contributed by atoms with Gasteiger partial charge in [-0.05, 0) is 32.8 Å². The molecule has 3 heterocycles. The molecule has 2 amide bonds. The Bertz CT molecular complexity index is 1070. The monoisotopic (exact) mass is 476 g/mol. The first kappa shape index (κ1) is 25.0. The summed E-state index contributed by atoms with van der Waals surface area (Å²) in [6.45, 7) is 9.38. The van der Waals surface area contributed by atoms with E-state index in [4.69, 9.17) is 4.74 Å². The van der Waals surface area contributed by atoms with E-state index < -0.39 is 0 Å². The molecule has 2 aromatic heterocycles. The molecule has 0 saturated carbocycles. The highest BCUT2D eigenvalue weighted by atomic mass is 32.1. The van der Waals surface area contributed by atoms with Crippen LogP contribution in [0.4, 0.5) is 0 Å². The van der Waals surface area contributed by atoms with Gasteiger partial charge in [0.25, 0.3) is 11.5 Å². The van der Waals surface area contributed by atoms with Crippen molar-refractivity contribution in [3.8, 4) is 10.6 Å². The molecule has 0 aliphatic carbocycles. The largest absolute Gasteiger partial charge is 0.385 e. The molecule has 11 heteroatoms. The van der Waals surface area contributed by atoms with Crippen LogP contribution >= 0.6 is 11.3 Å². The number of amides is 2. The van der Waals surface area contributed by atoms with Crippen LogP contribution < -0.4 is 10.9 Å². The van der Waals surface area contributed by atoms with Gasteiger partial charge in [0.1, 0.15) is 9.88 Å². The molecular weight excluding hydrogens is 444 g/mol. The highest BCUT2D eigenvalue weighted by Crippen LogP contribution is 2.29. The van der Waals surface area contributed by atoms with Gasteiger partial charge in [0, 0.05) is 53.5 Å².